The van der Waals surface area contributed by atoms with Crippen molar-refractivity contribution >= 4 is 11.3 Å². The molecule has 2 rings (SSSR count). The van der Waals surface area contributed by atoms with Crippen LogP contribution in [0.4, 0.5) is 0 Å². The minimum Gasteiger partial charge on any atom is -0.327 e. The van der Waals surface area contributed by atoms with Crippen LogP contribution >= 0.6 is 11.3 Å². The Balaban J connectivity index is 1.75. The van der Waals surface area contributed by atoms with Crippen molar-refractivity contribution in [2.75, 3.05) is 20.1 Å². The molecule has 0 spiro atoms. The summed E-state index contributed by atoms with van der Waals surface area (Å²) in [5.41, 5.74) is 6.31. The monoisotopic (exact) mass is 280 g/mol. The third-order valence-corrected chi connectivity index (χ3v) is 5.53. The highest BCUT2D eigenvalue weighted by atomic mass is 32.1. The fourth-order valence-corrected chi connectivity index (χ4v) is 3.91. The van der Waals surface area contributed by atoms with Gasteiger partial charge in [0, 0.05) is 24.0 Å². The maximum atomic E-state index is 6.31. The van der Waals surface area contributed by atoms with Crippen LogP contribution < -0.4 is 5.73 Å². The molecule has 0 aliphatic heterocycles. The summed E-state index contributed by atoms with van der Waals surface area (Å²) in [7, 11) is 2.25. The maximum Gasteiger partial charge on any atom is 0.00795 e. The van der Waals surface area contributed by atoms with E-state index >= 15 is 0 Å². The normalized spacial score (nSPS) is 27.9. The van der Waals surface area contributed by atoms with Crippen LogP contribution in [0.15, 0.2) is 17.5 Å². The summed E-state index contributed by atoms with van der Waals surface area (Å²) in [6.45, 7) is 4.64. The van der Waals surface area contributed by atoms with Crippen LogP contribution in [0.1, 0.15) is 37.5 Å². The summed E-state index contributed by atoms with van der Waals surface area (Å²) in [5.74, 6) is 1.61. The first-order valence-electron chi connectivity index (χ1n) is 7.65. The Kier molecular flexibility index (Phi) is 5.86. The van der Waals surface area contributed by atoms with Crippen LogP contribution in [0.25, 0.3) is 0 Å². The molecule has 3 heteroatoms. The highest BCUT2D eigenvalue weighted by molar-refractivity contribution is 7.09. The number of nitrogens with zero attached hydrogens (tertiary/aromatic N) is 1. The van der Waals surface area contributed by atoms with E-state index in [4.69, 9.17) is 5.73 Å². The smallest absolute Gasteiger partial charge is 0.00795 e. The van der Waals surface area contributed by atoms with Crippen molar-refractivity contribution in [3.63, 3.8) is 0 Å². The Morgan fingerprint density at radius 2 is 2.26 bits per heavy atom. The molecule has 1 aromatic rings. The molecule has 0 bridgehead atoms. The van der Waals surface area contributed by atoms with Gasteiger partial charge in [-0.05, 0) is 56.0 Å². The summed E-state index contributed by atoms with van der Waals surface area (Å²) < 4.78 is 0. The summed E-state index contributed by atoms with van der Waals surface area (Å²) in [4.78, 5) is 3.97. The predicted octanol–water partition coefficient (Wildman–Crippen LogP) is 3.38. The van der Waals surface area contributed by atoms with Gasteiger partial charge in [0.25, 0.3) is 0 Å². The second-order valence-electron chi connectivity index (χ2n) is 6.10. The number of thiophene rings is 1. The molecule has 1 aromatic heterocycles. The van der Waals surface area contributed by atoms with E-state index in [0.29, 0.717) is 12.0 Å². The lowest BCUT2D eigenvalue weighted by Gasteiger charge is -2.36. The van der Waals surface area contributed by atoms with E-state index < -0.39 is 0 Å². The predicted molar refractivity (Wildman–Crippen MR) is 84.6 cm³/mol. The van der Waals surface area contributed by atoms with Crippen molar-refractivity contribution in [3.05, 3.63) is 22.4 Å². The number of nitrogens with two attached hydrogens (primary N) is 1. The lowest BCUT2D eigenvalue weighted by atomic mass is 9.77. The van der Waals surface area contributed by atoms with Crippen molar-refractivity contribution in [1.29, 1.82) is 0 Å². The molecule has 1 heterocycles. The van der Waals surface area contributed by atoms with Crippen molar-refractivity contribution < 1.29 is 0 Å². The highest BCUT2D eigenvalue weighted by Gasteiger charge is 2.27. The Labute approximate surface area is 122 Å². The van der Waals surface area contributed by atoms with Gasteiger partial charge >= 0.3 is 0 Å². The number of likely N-dealkylation sites (N-methyl/N-ethyl adjacent to an activating group) is 1. The van der Waals surface area contributed by atoms with Crippen LogP contribution in [-0.4, -0.2) is 31.1 Å². The molecule has 1 aliphatic rings. The van der Waals surface area contributed by atoms with Gasteiger partial charge < -0.3 is 10.6 Å². The average Bonchev–Trinajstić information content (AvgIpc) is 2.92. The van der Waals surface area contributed by atoms with Crippen molar-refractivity contribution in [2.24, 2.45) is 17.6 Å². The van der Waals surface area contributed by atoms with E-state index in [1.54, 1.807) is 0 Å². The van der Waals surface area contributed by atoms with Crippen LogP contribution in [0.5, 0.6) is 0 Å². The first kappa shape index (κ1) is 15.0. The Hall–Kier alpha value is -0.380. The van der Waals surface area contributed by atoms with Gasteiger partial charge in [0.2, 0.25) is 0 Å². The second kappa shape index (κ2) is 7.41. The molecule has 0 amide bonds. The van der Waals surface area contributed by atoms with Gasteiger partial charge in [-0.1, -0.05) is 19.4 Å². The average molecular weight is 280 g/mol. The minimum absolute atomic E-state index is 0.423. The number of hydrogen-bond acceptors (Lipinski definition) is 3. The molecular weight excluding hydrogens is 252 g/mol. The molecule has 1 saturated carbocycles. The maximum absolute atomic E-state index is 6.31. The van der Waals surface area contributed by atoms with E-state index in [-0.39, 0.29) is 0 Å². The molecule has 3 unspecified atom stereocenters. The molecule has 1 fully saturated rings. The Bertz CT molecular complexity index is 350. The first-order valence-corrected chi connectivity index (χ1v) is 8.53. The van der Waals surface area contributed by atoms with Gasteiger partial charge in [0.15, 0.2) is 0 Å². The number of rotatable bonds is 6. The summed E-state index contributed by atoms with van der Waals surface area (Å²) in [5, 5.41) is 2.16. The van der Waals surface area contributed by atoms with E-state index in [1.807, 2.05) is 11.3 Å². The van der Waals surface area contributed by atoms with E-state index in [0.717, 1.165) is 12.5 Å². The summed E-state index contributed by atoms with van der Waals surface area (Å²) >= 11 is 1.86. The van der Waals surface area contributed by atoms with Gasteiger partial charge in [-0.3, -0.25) is 0 Å². The minimum atomic E-state index is 0.423. The fraction of sp³-hybridized carbons (Fsp3) is 0.750. The molecule has 19 heavy (non-hydrogen) atoms. The van der Waals surface area contributed by atoms with Crippen molar-refractivity contribution in [2.45, 2.75) is 45.1 Å². The van der Waals surface area contributed by atoms with Crippen LogP contribution in [0.3, 0.4) is 0 Å². The van der Waals surface area contributed by atoms with Crippen molar-refractivity contribution in [1.82, 2.24) is 4.90 Å². The van der Waals surface area contributed by atoms with E-state index in [2.05, 4.69) is 36.4 Å². The lowest BCUT2D eigenvalue weighted by molar-refractivity contribution is 0.172. The van der Waals surface area contributed by atoms with Crippen LogP contribution in [-0.2, 0) is 6.42 Å². The van der Waals surface area contributed by atoms with E-state index in [1.165, 1.54) is 43.5 Å². The molecular formula is C16H28N2S. The van der Waals surface area contributed by atoms with Crippen LogP contribution in [0, 0.1) is 11.8 Å². The highest BCUT2D eigenvalue weighted by Crippen LogP contribution is 2.30. The molecule has 0 aromatic carbocycles. The third kappa shape index (κ3) is 4.59. The molecule has 0 saturated heterocycles. The molecule has 0 radical (unpaired) electrons. The van der Waals surface area contributed by atoms with Gasteiger partial charge in [0.05, 0.1) is 0 Å². The zero-order valence-corrected chi connectivity index (χ0v) is 13.2. The quantitative estimate of drug-likeness (QED) is 0.865. The molecule has 2 nitrogen and oxygen atoms in total. The summed E-state index contributed by atoms with van der Waals surface area (Å²) in [6.07, 6.45) is 6.39. The van der Waals surface area contributed by atoms with Gasteiger partial charge in [-0.2, -0.15) is 0 Å². The first-order chi connectivity index (χ1) is 9.19. The third-order valence-electron chi connectivity index (χ3n) is 4.59. The zero-order chi connectivity index (χ0) is 13.7. The molecule has 3 atom stereocenters. The largest absolute Gasteiger partial charge is 0.327 e. The second-order valence-corrected chi connectivity index (χ2v) is 7.14. The van der Waals surface area contributed by atoms with E-state index in [9.17, 15) is 0 Å². The summed E-state index contributed by atoms with van der Waals surface area (Å²) in [6, 6.07) is 4.80. The molecule has 2 N–H and O–H groups in total. The van der Waals surface area contributed by atoms with Gasteiger partial charge in [0.1, 0.15) is 0 Å². The molecule has 108 valence electrons. The zero-order valence-electron chi connectivity index (χ0n) is 12.3. The number of hydrogen-bond donors (Lipinski definition) is 1. The lowest BCUT2D eigenvalue weighted by Crippen LogP contribution is -2.42. The van der Waals surface area contributed by atoms with Gasteiger partial charge in [-0.25, -0.2) is 0 Å². The van der Waals surface area contributed by atoms with Crippen molar-refractivity contribution in [3.8, 4) is 0 Å². The fourth-order valence-electron chi connectivity index (χ4n) is 3.21. The van der Waals surface area contributed by atoms with Gasteiger partial charge in [-0.15, -0.1) is 11.3 Å². The SMILES string of the molecule is CCC1CCC(N)C(CN(C)CCc2cccs2)C1. The topological polar surface area (TPSA) is 29.3 Å². The van der Waals surface area contributed by atoms with Crippen LogP contribution in [0.2, 0.25) is 0 Å². The molecule has 1 aliphatic carbocycles. The Morgan fingerprint density at radius 1 is 1.42 bits per heavy atom. The standard InChI is InChI=1S/C16H28N2S/c1-3-13-6-7-16(17)14(11-13)12-18(2)9-8-15-5-4-10-19-15/h4-5,10,13-14,16H,3,6-9,11-12,17H2,1-2H3. The Morgan fingerprint density at radius 3 is 2.95 bits per heavy atom.